The molecule has 0 radical (unpaired) electrons. The normalized spacial score (nSPS) is 10.9. The minimum absolute atomic E-state index is 0.0949. The minimum atomic E-state index is -4.98. The third-order valence-electron chi connectivity index (χ3n) is 1.66. The van der Waals surface area contributed by atoms with E-state index in [1.54, 1.807) is 6.07 Å². The highest BCUT2D eigenvalue weighted by Gasteiger charge is 2.38. The first kappa shape index (κ1) is 12.2. The molecular formula is C10H7F3O3. The molecule has 0 fully saturated rings. The van der Waals surface area contributed by atoms with Crippen LogP contribution in [0.3, 0.4) is 0 Å². The van der Waals surface area contributed by atoms with E-state index in [-0.39, 0.29) is 5.56 Å². The summed E-state index contributed by atoms with van der Waals surface area (Å²) < 4.78 is 39.5. The average molecular weight is 232 g/mol. The molecule has 0 bridgehead atoms. The molecule has 0 saturated carbocycles. The maximum atomic E-state index is 11.8. The molecule has 0 atom stereocenters. The molecule has 0 saturated heterocycles. The monoisotopic (exact) mass is 232 g/mol. The summed E-state index contributed by atoms with van der Waals surface area (Å²) in [5.74, 6) is -3.05. The lowest BCUT2D eigenvalue weighted by Gasteiger charge is -2.06. The molecule has 1 aromatic rings. The van der Waals surface area contributed by atoms with Crippen molar-refractivity contribution in [1.82, 2.24) is 0 Å². The number of benzene rings is 1. The lowest BCUT2D eigenvalue weighted by molar-refractivity contribution is -0.173. The Balaban J connectivity index is 2.52. The van der Waals surface area contributed by atoms with E-state index < -0.39 is 24.5 Å². The molecule has 0 amide bonds. The van der Waals surface area contributed by atoms with Crippen molar-refractivity contribution in [2.75, 3.05) is 6.61 Å². The van der Waals surface area contributed by atoms with E-state index in [0.717, 1.165) is 0 Å². The molecule has 0 N–H and O–H groups in total. The largest absolute Gasteiger partial charge is 0.454 e. The van der Waals surface area contributed by atoms with Gasteiger partial charge in [-0.15, -0.1) is 0 Å². The number of alkyl halides is 3. The van der Waals surface area contributed by atoms with Crippen LogP contribution in [0.2, 0.25) is 0 Å². The van der Waals surface area contributed by atoms with E-state index in [1.807, 2.05) is 0 Å². The zero-order chi connectivity index (χ0) is 12.2. The van der Waals surface area contributed by atoms with Crippen molar-refractivity contribution in [3.8, 4) is 0 Å². The Kier molecular flexibility index (Phi) is 3.65. The summed E-state index contributed by atoms with van der Waals surface area (Å²) in [7, 11) is 0. The number of carbonyl (C=O) groups excluding carboxylic acids is 2. The third kappa shape index (κ3) is 3.38. The molecular weight excluding hydrogens is 225 g/mol. The topological polar surface area (TPSA) is 43.4 Å². The number of hydrogen-bond acceptors (Lipinski definition) is 3. The summed E-state index contributed by atoms with van der Waals surface area (Å²) >= 11 is 0. The highest BCUT2D eigenvalue weighted by Crippen LogP contribution is 2.16. The maximum absolute atomic E-state index is 11.8. The number of carbonyl (C=O) groups is 2. The first-order valence-electron chi connectivity index (χ1n) is 4.23. The van der Waals surface area contributed by atoms with Crippen LogP contribution in [0.15, 0.2) is 30.3 Å². The van der Waals surface area contributed by atoms with Gasteiger partial charge in [0.25, 0.3) is 5.78 Å². The van der Waals surface area contributed by atoms with Gasteiger partial charge in [-0.1, -0.05) is 18.2 Å². The predicted molar refractivity (Wildman–Crippen MR) is 47.8 cm³/mol. The first-order chi connectivity index (χ1) is 7.41. The molecule has 0 aromatic heterocycles. The summed E-state index contributed by atoms with van der Waals surface area (Å²) in [5, 5.41) is 0. The standard InChI is InChI=1S/C10H7F3O3/c11-10(12,13)8(14)6-16-9(15)7-4-2-1-3-5-7/h1-5H,6H2. The summed E-state index contributed by atoms with van der Waals surface area (Å²) in [6, 6.07) is 7.45. The van der Waals surface area contributed by atoms with Crippen molar-refractivity contribution in [2.24, 2.45) is 0 Å². The lowest BCUT2D eigenvalue weighted by atomic mass is 10.2. The Bertz CT molecular complexity index is 384. The van der Waals surface area contributed by atoms with Gasteiger partial charge in [-0.05, 0) is 12.1 Å². The van der Waals surface area contributed by atoms with Crippen LogP contribution in [0, 0.1) is 0 Å². The smallest absolute Gasteiger partial charge is 0.453 e. The zero-order valence-electron chi connectivity index (χ0n) is 7.95. The number of esters is 1. The summed E-state index contributed by atoms with van der Waals surface area (Å²) in [4.78, 5) is 21.5. The van der Waals surface area contributed by atoms with Crippen molar-refractivity contribution < 1.29 is 27.5 Å². The molecule has 86 valence electrons. The molecule has 16 heavy (non-hydrogen) atoms. The number of Topliss-reactive ketones (excluding diaryl/α,β-unsaturated/α-hetero) is 1. The van der Waals surface area contributed by atoms with Crippen LogP contribution in [0.1, 0.15) is 10.4 Å². The molecule has 1 rings (SSSR count). The number of ketones is 1. The average Bonchev–Trinajstić information content (AvgIpc) is 2.25. The van der Waals surface area contributed by atoms with E-state index in [9.17, 15) is 22.8 Å². The fourth-order valence-corrected chi connectivity index (χ4v) is 0.870. The van der Waals surface area contributed by atoms with Gasteiger partial charge in [0.15, 0.2) is 6.61 Å². The van der Waals surface area contributed by atoms with Crippen LogP contribution in [-0.2, 0) is 9.53 Å². The van der Waals surface area contributed by atoms with Crippen molar-refractivity contribution in [1.29, 1.82) is 0 Å². The number of hydrogen-bond donors (Lipinski definition) is 0. The minimum Gasteiger partial charge on any atom is -0.454 e. The van der Waals surface area contributed by atoms with Crippen LogP contribution >= 0.6 is 0 Å². The summed E-state index contributed by atoms with van der Waals surface area (Å²) in [6.45, 7) is -1.29. The van der Waals surface area contributed by atoms with E-state index >= 15 is 0 Å². The van der Waals surface area contributed by atoms with Crippen molar-refractivity contribution in [3.05, 3.63) is 35.9 Å². The number of halogens is 3. The third-order valence-corrected chi connectivity index (χ3v) is 1.66. The van der Waals surface area contributed by atoms with Gasteiger partial charge in [0.1, 0.15) is 0 Å². The molecule has 3 nitrogen and oxygen atoms in total. The lowest BCUT2D eigenvalue weighted by Crippen LogP contribution is -2.28. The van der Waals surface area contributed by atoms with Gasteiger partial charge in [0, 0.05) is 0 Å². The van der Waals surface area contributed by atoms with Crippen LogP contribution in [0.25, 0.3) is 0 Å². The van der Waals surface area contributed by atoms with Crippen LogP contribution in [0.4, 0.5) is 13.2 Å². The van der Waals surface area contributed by atoms with E-state index in [1.165, 1.54) is 24.3 Å². The van der Waals surface area contributed by atoms with Gasteiger partial charge < -0.3 is 4.74 Å². The second-order valence-corrected chi connectivity index (χ2v) is 2.86. The van der Waals surface area contributed by atoms with Gasteiger partial charge in [0.2, 0.25) is 0 Å². The SMILES string of the molecule is O=C(OCC(=O)C(F)(F)F)c1ccccc1. The van der Waals surface area contributed by atoms with Crippen LogP contribution < -0.4 is 0 Å². The Morgan fingerprint density at radius 1 is 1.12 bits per heavy atom. The molecule has 0 heterocycles. The van der Waals surface area contributed by atoms with Crippen LogP contribution in [-0.4, -0.2) is 24.5 Å². The van der Waals surface area contributed by atoms with E-state index in [2.05, 4.69) is 4.74 Å². The molecule has 0 aliphatic heterocycles. The molecule has 1 aromatic carbocycles. The highest BCUT2D eigenvalue weighted by molar-refractivity contribution is 5.92. The molecule has 6 heteroatoms. The van der Waals surface area contributed by atoms with Gasteiger partial charge in [-0.25, -0.2) is 4.79 Å². The second-order valence-electron chi connectivity index (χ2n) is 2.86. The van der Waals surface area contributed by atoms with Gasteiger partial charge in [-0.3, -0.25) is 4.79 Å². The first-order valence-corrected chi connectivity index (χ1v) is 4.23. The van der Waals surface area contributed by atoms with E-state index in [4.69, 9.17) is 0 Å². The van der Waals surface area contributed by atoms with E-state index in [0.29, 0.717) is 0 Å². The van der Waals surface area contributed by atoms with Gasteiger partial charge in [-0.2, -0.15) is 13.2 Å². The fourth-order valence-electron chi connectivity index (χ4n) is 0.870. The molecule has 0 aliphatic carbocycles. The maximum Gasteiger partial charge on any atom is 0.453 e. The van der Waals surface area contributed by atoms with Crippen LogP contribution in [0.5, 0.6) is 0 Å². The molecule has 0 spiro atoms. The van der Waals surface area contributed by atoms with Crippen molar-refractivity contribution in [3.63, 3.8) is 0 Å². The Hall–Kier alpha value is -1.85. The van der Waals surface area contributed by atoms with Gasteiger partial charge >= 0.3 is 12.1 Å². The Morgan fingerprint density at radius 2 is 1.69 bits per heavy atom. The fraction of sp³-hybridized carbons (Fsp3) is 0.200. The van der Waals surface area contributed by atoms with Crippen molar-refractivity contribution >= 4 is 11.8 Å². The van der Waals surface area contributed by atoms with Gasteiger partial charge in [0.05, 0.1) is 5.56 Å². The predicted octanol–water partition coefficient (Wildman–Crippen LogP) is 1.97. The molecule has 0 aliphatic rings. The summed E-state index contributed by atoms with van der Waals surface area (Å²) in [6.07, 6.45) is -4.98. The number of ether oxygens (including phenoxy) is 1. The highest BCUT2D eigenvalue weighted by atomic mass is 19.4. The summed E-state index contributed by atoms with van der Waals surface area (Å²) in [5.41, 5.74) is 0.0949. The Morgan fingerprint density at radius 3 is 2.19 bits per heavy atom. The number of rotatable bonds is 3. The van der Waals surface area contributed by atoms with Crippen molar-refractivity contribution in [2.45, 2.75) is 6.18 Å². The second kappa shape index (κ2) is 4.78. The quantitative estimate of drug-likeness (QED) is 0.748. The Labute approximate surface area is 88.8 Å². The molecule has 0 unspecified atom stereocenters. The zero-order valence-corrected chi connectivity index (χ0v) is 7.95.